The first kappa shape index (κ1) is 17.1. The molecule has 1 N–H and O–H groups in total. The summed E-state index contributed by atoms with van der Waals surface area (Å²) < 4.78 is 25.6. The van der Waals surface area contributed by atoms with Crippen molar-refractivity contribution in [2.75, 3.05) is 7.05 Å². The highest BCUT2D eigenvalue weighted by Gasteiger charge is 2.32. The van der Waals surface area contributed by atoms with Gasteiger partial charge in [0.25, 0.3) is 5.69 Å². The summed E-state index contributed by atoms with van der Waals surface area (Å²) in [6.45, 7) is 4.30. The van der Waals surface area contributed by atoms with E-state index < -0.39 is 27.0 Å². The number of hydrogen-bond acceptors (Lipinski definition) is 5. The number of carboxylic acids is 1. The van der Waals surface area contributed by atoms with Crippen LogP contribution < -0.4 is 0 Å². The van der Waals surface area contributed by atoms with Crippen molar-refractivity contribution in [2.45, 2.75) is 31.7 Å². The molecule has 0 aliphatic heterocycles. The van der Waals surface area contributed by atoms with Gasteiger partial charge in [-0.25, -0.2) is 8.42 Å². The molecule has 1 atom stereocenters. The van der Waals surface area contributed by atoms with Crippen molar-refractivity contribution in [2.24, 2.45) is 0 Å². The SMILES string of the molecule is Cc1cc([N+](=O)[O-])cc(S(=O)(=O)N(C)C(C)C(=O)O)c1C. The van der Waals surface area contributed by atoms with E-state index in [1.165, 1.54) is 19.9 Å². The second kappa shape index (κ2) is 5.78. The van der Waals surface area contributed by atoms with E-state index in [0.29, 0.717) is 15.4 Å². The van der Waals surface area contributed by atoms with Gasteiger partial charge in [0.1, 0.15) is 6.04 Å². The Kier molecular flexibility index (Phi) is 4.69. The standard InChI is InChI=1S/C12H16N2O6S/c1-7-5-10(14(17)18)6-11(8(7)2)21(19,20)13(4)9(3)12(15)16/h5-6,9H,1-4H3,(H,15,16). The zero-order valence-electron chi connectivity index (χ0n) is 12.0. The van der Waals surface area contributed by atoms with Gasteiger partial charge in [0.15, 0.2) is 0 Å². The van der Waals surface area contributed by atoms with Gasteiger partial charge in [-0.1, -0.05) is 0 Å². The zero-order chi connectivity index (χ0) is 16.5. The Labute approximate surface area is 122 Å². The maximum Gasteiger partial charge on any atom is 0.321 e. The highest BCUT2D eigenvalue weighted by molar-refractivity contribution is 7.89. The molecule has 0 aliphatic rings. The highest BCUT2D eigenvalue weighted by atomic mass is 32.2. The van der Waals surface area contributed by atoms with Gasteiger partial charge in [0, 0.05) is 19.2 Å². The Balaban J connectivity index is 3.51. The Hall–Kier alpha value is -2.00. The molecule has 1 aromatic rings. The van der Waals surface area contributed by atoms with Crippen molar-refractivity contribution >= 4 is 21.7 Å². The molecule has 9 heteroatoms. The van der Waals surface area contributed by atoms with Gasteiger partial charge in [0.2, 0.25) is 10.0 Å². The number of benzene rings is 1. The van der Waals surface area contributed by atoms with Crippen LogP contribution in [0.25, 0.3) is 0 Å². The van der Waals surface area contributed by atoms with Crippen LogP contribution >= 0.6 is 0 Å². The fraction of sp³-hybridized carbons (Fsp3) is 0.417. The minimum absolute atomic E-state index is 0.259. The lowest BCUT2D eigenvalue weighted by Crippen LogP contribution is -2.40. The van der Waals surface area contributed by atoms with E-state index in [0.717, 1.165) is 13.1 Å². The van der Waals surface area contributed by atoms with Gasteiger partial charge in [-0.2, -0.15) is 4.31 Å². The Morgan fingerprint density at radius 1 is 1.38 bits per heavy atom. The number of carboxylic acid groups (broad SMARTS) is 1. The number of likely N-dealkylation sites (N-methyl/N-ethyl adjacent to an activating group) is 1. The van der Waals surface area contributed by atoms with Crippen molar-refractivity contribution in [3.8, 4) is 0 Å². The van der Waals surface area contributed by atoms with E-state index >= 15 is 0 Å². The molecular formula is C12H16N2O6S. The van der Waals surface area contributed by atoms with Gasteiger partial charge >= 0.3 is 5.97 Å². The van der Waals surface area contributed by atoms with Crippen LogP contribution in [0.3, 0.4) is 0 Å². The molecular weight excluding hydrogens is 300 g/mol. The number of rotatable bonds is 5. The van der Waals surface area contributed by atoms with Crippen LogP contribution in [0.2, 0.25) is 0 Å². The van der Waals surface area contributed by atoms with Crippen LogP contribution in [0, 0.1) is 24.0 Å². The van der Waals surface area contributed by atoms with Crippen molar-refractivity contribution in [1.29, 1.82) is 0 Å². The third kappa shape index (κ3) is 3.19. The quantitative estimate of drug-likeness (QED) is 0.646. The molecule has 0 saturated heterocycles. The smallest absolute Gasteiger partial charge is 0.321 e. The van der Waals surface area contributed by atoms with Crippen LogP contribution in [-0.4, -0.2) is 41.8 Å². The summed E-state index contributed by atoms with van der Waals surface area (Å²) in [5.41, 5.74) is 0.442. The first-order valence-electron chi connectivity index (χ1n) is 5.96. The normalized spacial score (nSPS) is 13.2. The maximum absolute atomic E-state index is 12.5. The number of nitro benzene ring substituents is 1. The fourth-order valence-corrected chi connectivity index (χ4v) is 3.34. The molecule has 1 rings (SSSR count). The summed E-state index contributed by atoms with van der Waals surface area (Å²) in [5.74, 6) is -1.30. The number of aryl methyl sites for hydroxylation is 1. The molecule has 0 heterocycles. The van der Waals surface area contributed by atoms with Gasteiger partial charge in [-0.15, -0.1) is 0 Å². The second-order valence-electron chi connectivity index (χ2n) is 4.68. The lowest BCUT2D eigenvalue weighted by atomic mass is 10.1. The average Bonchev–Trinajstić information content (AvgIpc) is 2.39. The Bertz CT molecular complexity index is 698. The van der Waals surface area contributed by atoms with E-state index in [1.54, 1.807) is 6.92 Å². The van der Waals surface area contributed by atoms with Crippen molar-refractivity contribution in [3.05, 3.63) is 33.4 Å². The Morgan fingerprint density at radius 2 is 1.90 bits per heavy atom. The first-order valence-corrected chi connectivity index (χ1v) is 7.40. The van der Waals surface area contributed by atoms with Crippen molar-refractivity contribution in [3.63, 3.8) is 0 Å². The predicted molar refractivity (Wildman–Crippen MR) is 74.6 cm³/mol. The van der Waals surface area contributed by atoms with Crippen LogP contribution in [0.15, 0.2) is 17.0 Å². The molecule has 0 fully saturated rings. The van der Waals surface area contributed by atoms with E-state index in [4.69, 9.17) is 5.11 Å². The molecule has 0 aliphatic carbocycles. The summed E-state index contributed by atoms with van der Waals surface area (Å²) in [7, 11) is -3.02. The molecule has 0 radical (unpaired) electrons. The molecule has 0 bridgehead atoms. The first-order chi connectivity index (χ1) is 9.50. The monoisotopic (exact) mass is 316 g/mol. The summed E-state index contributed by atoms with van der Waals surface area (Å²) >= 11 is 0. The molecule has 0 amide bonds. The molecule has 1 unspecified atom stereocenters. The second-order valence-corrected chi connectivity index (χ2v) is 6.64. The zero-order valence-corrected chi connectivity index (χ0v) is 12.8. The van der Waals surface area contributed by atoms with Crippen molar-refractivity contribution in [1.82, 2.24) is 4.31 Å². The minimum Gasteiger partial charge on any atom is -0.480 e. The Morgan fingerprint density at radius 3 is 2.33 bits per heavy atom. The minimum atomic E-state index is -4.14. The molecule has 0 aromatic heterocycles. The van der Waals surface area contributed by atoms with Gasteiger partial charge in [-0.3, -0.25) is 14.9 Å². The summed E-state index contributed by atoms with van der Waals surface area (Å²) in [4.78, 5) is 20.8. The summed E-state index contributed by atoms with van der Waals surface area (Å²) in [6.07, 6.45) is 0. The van der Waals surface area contributed by atoms with Gasteiger partial charge in [-0.05, 0) is 31.9 Å². The molecule has 0 saturated carbocycles. The van der Waals surface area contributed by atoms with Crippen LogP contribution in [0.4, 0.5) is 5.69 Å². The van der Waals surface area contributed by atoms with E-state index in [1.807, 2.05) is 0 Å². The van der Waals surface area contributed by atoms with Crippen molar-refractivity contribution < 1.29 is 23.2 Å². The van der Waals surface area contributed by atoms with Gasteiger partial charge in [0.05, 0.1) is 9.82 Å². The largest absolute Gasteiger partial charge is 0.480 e. The number of hydrogen-bond donors (Lipinski definition) is 1. The maximum atomic E-state index is 12.5. The van der Waals surface area contributed by atoms with E-state index in [9.17, 15) is 23.3 Å². The number of carbonyl (C=O) groups is 1. The molecule has 1 aromatic carbocycles. The van der Waals surface area contributed by atoms with Crippen LogP contribution in [0.5, 0.6) is 0 Å². The third-order valence-corrected chi connectivity index (χ3v) is 5.43. The number of sulfonamides is 1. The van der Waals surface area contributed by atoms with Crippen LogP contribution in [0.1, 0.15) is 18.1 Å². The predicted octanol–water partition coefficient (Wildman–Crippen LogP) is 1.31. The molecule has 116 valence electrons. The van der Waals surface area contributed by atoms with E-state index in [2.05, 4.69) is 0 Å². The number of nitrogens with zero attached hydrogens (tertiary/aromatic N) is 2. The molecule has 0 spiro atoms. The number of nitro groups is 1. The topological polar surface area (TPSA) is 118 Å². The van der Waals surface area contributed by atoms with Gasteiger partial charge < -0.3 is 5.11 Å². The number of non-ortho nitro benzene ring substituents is 1. The molecule has 21 heavy (non-hydrogen) atoms. The summed E-state index contributed by atoms with van der Waals surface area (Å²) in [6, 6.07) is 0.937. The summed E-state index contributed by atoms with van der Waals surface area (Å²) in [5, 5.41) is 19.8. The lowest BCUT2D eigenvalue weighted by molar-refractivity contribution is -0.385. The van der Waals surface area contributed by atoms with E-state index in [-0.39, 0.29) is 10.6 Å². The third-order valence-electron chi connectivity index (χ3n) is 3.38. The average molecular weight is 316 g/mol. The lowest BCUT2D eigenvalue weighted by Gasteiger charge is -2.22. The number of aliphatic carboxylic acids is 1. The fourth-order valence-electron chi connectivity index (χ4n) is 1.70. The molecule has 8 nitrogen and oxygen atoms in total. The highest BCUT2D eigenvalue weighted by Crippen LogP contribution is 2.28. The van der Waals surface area contributed by atoms with Crippen LogP contribution in [-0.2, 0) is 14.8 Å².